The van der Waals surface area contributed by atoms with E-state index in [4.69, 9.17) is 16.7 Å². The third-order valence-corrected chi connectivity index (χ3v) is 4.65. The summed E-state index contributed by atoms with van der Waals surface area (Å²) in [6.45, 7) is -0.0461. The fourth-order valence-corrected chi connectivity index (χ4v) is 3.63. The molecule has 0 aliphatic carbocycles. The predicted molar refractivity (Wildman–Crippen MR) is 80.1 cm³/mol. The molecule has 2 aromatic rings. The van der Waals surface area contributed by atoms with Gasteiger partial charge < -0.3 is 5.11 Å². The van der Waals surface area contributed by atoms with Crippen LogP contribution in [0.4, 0.5) is 0 Å². The molecule has 0 fully saturated rings. The first-order chi connectivity index (χ1) is 9.48. The first-order valence-electron chi connectivity index (χ1n) is 6.12. The van der Waals surface area contributed by atoms with Crippen LogP contribution < -0.4 is 0 Å². The number of hydrogen-bond donors (Lipinski definition) is 1. The van der Waals surface area contributed by atoms with E-state index in [1.807, 2.05) is 0 Å². The minimum atomic E-state index is -3.25. The molecular weight excluding hydrogens is 296 g/mol. The predicted octanol–water partition coefficient (Wildman–Crippen LogP) is 2.95. The van der Waals surface area contributed by atoms with Gasteiger partial charge in [0.25, 0.3) is 0 Å². The highest BCUT2D eigenvalue weighted by Gasteiger charge is 2.13. The lowest BCUT2D eigenvalue weighted by Crippen LogP contribution is -2.07. The standard InChI is InChI=1S/C15H15ClO3S/c16-15-3-1-2-14(8-15)11-20(18,19)10-13-6-4-12(9-17)5-7-13/h1-8,17H,9-11H2. The van der Waals surface area contributed by atoms with Gasteiger partial charge in [-0.25, -0.2) is 8.42 Å². The van der Waals surface area contributed by atoms with Crippen molar-refractivity contribution in [3.63, 3.8) is 0 Å². The first-order valence-corrected chi connectivity index (χ1v) is 8.32. The van der Waals surface area contributed by atoms with Crippen molar-refractivity contribution in [2.45, 2.75) is 18.1 Å². The van der Waals surface area contributed by atoms with Gasteiger partial charge in [0.1, 0.15) is 0 Å². The van der Waals surface area contributed by atoms with Gasteiger partial charge in [0.05, 0.1) is 18.1 Å². The topological polar surface area (TPSA) is 54.4 Å². The quantitative estimate of drug-likeness (QED) is 0.923. The Labute approximate surface area is 123 Å². The molecule has 0 aliphatic rings. The highest BCUT2D eigenvalue weighted by atomic mass is 35.5. The lowest BCUT2D eigenvalue weighted by atomic mass is 10.2. The Hall–Kier alpha value is -1.36. The van der Waals surface area contributed by atoms with Crippen LogP contribution >= 0.6 is 11.6 Å². The van der Waals surface area contributed by atoms with Crippen LogP contribution in [-0.4, -0.2) is 13.5 Å². The molecule has 2 aromatic carbocycles. The first kappa shape index (κ1) is 15.0. The van der Waals surface area contributed by atoms with E-state index in [1.165, 1.54) is 0 Å². The Bertz CT molecular complexity index is 679. The SMILES string of the molecule is O=S(=O)(Cc1ccc(CO)cc1)Cc1cccc(Cl)c1. The fourth-order valence-electron chi connectivity index (χ4n) is 1.93. The molecule has 2 rings (SSSR count). The summed E-state index contributed by atoms with van der Waals surface area (Å²) in [5, 5.41) is 9.48. The molecule has 0 bridgehead atoms. The second-order valence-electron chi connectivity index (χ2n) is 4.64. The van der Waals surface area contributed by atoms with E-state index >= 15 is 0 Å². The fraction of sp³-hybridized carbons (Fsp3) is 0.200. The van der Waals surface area contributed by atoms with Crippen molar-refractivity contribution in [1.82, 2.24) is 0 Å². The summed E-state index contributed by atoms with van der Waals surface area (Å²) < 4.78 is 24.3. The molecule has 0 saturated carbocycles. The summed E-state index contributed by atoms with van der Waals surface area (Å²) in [5.74, 6) is -0.0550. The molecule has 0 unspecified atom stereocenters. The number of aliphatic hydroxyl groups excluding tert-OH is 1. The molecule has 0 heterocycles. The van der Waals surface area contributed by atoms with E-state index < -0.39 is 9.84 Å². The lowest BCUT2D eigenvalue weighted by molar-refractivity contribution is 0.282. The Balaban J connectivity index is 2.10. The molecule has 0 radical (unpaired) electrons. The molecule has 0 aliphatic heterocycles. The average molecular weight is 311 g/mol. The molecule has 0 spiro atoms. The Morgan fingerprint density at radius 2 is 1.50 bits per heavy atom. The number of halogens is 1. The summed E-state index contributed by atoms with van der Waals surface area (Å²) >= 11 is 5.85. The zero-order valence-corrected chi connectivity index (χ0v) is 12.4. The third-order valence-electron chi connectivity index (χ3n) is 2.87. The number of rotatable bonds is 5. The Morgan fingerprint density at radius 3 is 2.10 bits per heavy atom. The molecule has 20 heavy (non-hydrogen) atoms. The van der Waals surface area contributed by atoms with Gasteiger partial charge >= 0.3 is 0 Å². The van der Waals surface area contributed by atoms with Crippen molar-refractivity contribution in [2.24, 2.45) is 0 Å². The molecule has 1 N–H and O–H groups in total. The molecule has 0 saturated heterocycles. The maximum atomic E-state index is 12.1. The molecule has 0 aromatic heterocycles. The van der Waals surface area contributed by atoms with Crippen LogP contribution in [0.5, 0.6) is 0 Å². The van der Waals surface area contributed by atoms with Crippen LogP contribution in [-0.2, 0) is 27.9 Å². The number of benzene rings is 2. The van der Waals surface area contributed by atoms with Crippen molar-refractivity contribution in [1.29, 1.82) is 0 Å². The molecular formula is C15H15ClO3S. The molecule has 0 amide bonds. The number of aliphatic hydroxyl groups is 1. The smallest absolute Gasteiger partial charge is 0.158 e. The second-order valence-corrected chi connectivity index (χ2v) is 7.14. The van der Waals surface area contributed by atoms with Crippen LogP contribution in [0.2, 0.25) is 5.02 Å². The van der Waals surface area contributed by atoms with Crippen LogP contribution in [0.3, 0.4) is 0 Å². The van der Waals surface area contributed by atoms with Crippen molar-refractivity contribution >= 4 is 21.4 Å². The molecule has 3 nitrogen and oxygen atoms in total. The minimum absolute atomic E-state index is 0.0226. The maximum absolute atomic E-state index is 12.1. The largest absolute Gasteiger partial charge is 0.392 e. The number of hydrogen-bond acceptors (Lipinski definition) is 3. The van der Waals surface area contributed by atoms with E-state index in [-0.39, 0.29) is 18.1 Å². The van der Waals surface area contributed by atoms with Crippen LogP contribution in [0, 0.1) is 0 Å². The van der Waals surface area contributed by atoms with Crippen LogP contribution in [0.1, 0.15) is 16.7 Å². The monoisotopic (exact) mass is 310 g/mol. The van der Waals surface area contributed by atoms with Gasteiger partial charge in [-0.15, -0.1) is 0 Å². The zero-order chi connectivity index (χ0) is 14.6. The minimum Gasteiger partial charge on any atom is -0.392 e. The van der Waals surface area contributed by atoms with Gasteiger partial charge in [-0.3, -0.25) is 0 Å². The van der Waals surface area contributed by atoms with Crippen molar-refractivity contribution < 1.29 is 13.5 Å². The third kappa shape index (κ3) is 4.34. The number of sulfone groups is 1. The summed E-state index contributed by atoms with van der Waals surface area (Å²) in [7, 11) is -3.25. The zero-order valence-electron chi connectivity index (χ0n) is 10.8. The Kier molecular flexibility index (Phi) is 4.81. The highest BCUT2D eigenvalue weighted by Crippen LogP contribution is 2.16. The second kappa shape index (κ2) is 6.39. The van der Waals surface area contributed by atoms with Crippen molar-refractivity contribution in [3.05, 3.63) is 70.2 Å². The van der Waals surface area contributed by atoms with E-state index in [1.54, 1.807) is 48.5 Å². The van der Waals surface area contributed by atoms with Crippen LogP contribution in [0.15, 0.2) is 48.5 Å². The van der Waals surface area contributed by atoms with Gasteiger partial charge in [0.15, 0.2) is 9.84 Å². The van der Waals surface area contributed by atoms with E-state index in [9.17, 15) is 8.42 Å². The van der Waals surface area contributed by atoms with E-state index in [0.29, 0.717) is 16.1 Å². The van der Waals surface area contributed by atoms with Gasteiger partial charge in [-0.1, -0.05) is 48.0 Å². The van der Waals surface area contributed by atoms with Crippen molar-refractivity contribution in [2.75, 3.05) is 0 Å². The van der Waals surface area contributed by atoms with E-state index in [2.05, 4.69) is 0 Å². The molecule has 0 atom stereocenters. The highest BCUT2D eigenvalue weighted by molar-refractivity contribution is 7.89. The molecule has 5 heteroatoms. The van der Waals surface area contributed by atoms with Gasteiger partial charge in [-0.05, 0) is 28.8 Å². The summed E-state index contributed by atoms with van der Waals surface area (Å²) in [5.41, 5.74) is 2.16. The summed E-state index contributed by atoms with van der Waals surface area (Å²) in [6, 6.07) is 13.8. The molecule has 106 valence electrons. The van der Waals surface area contributed by atoms with Crippen LogP contribution in [0.25, 0.3) is 0 Å². The summed E-state index contributed by atoms with van der Waals surface area (Å²) in [6.07, 6.45) is 0. The Morgan fingerprint density at radius 1 is 0.900 bits per heavy atom. The van der Waals surface area contributed by atoms with Gasteiger partial charge in [0.2, 0.25) is 0 Å². The van der Waals surface area contributed by atoms with E-state index in [0.717, 1.165) is 5.56 Å². The van der Waals surface area contributed by atoms with Crippen molar-refractivity contribution in [3.8, 4) is 0 Å². The normalized spacial score (nSPS) is 11.5. The van der Waals surface area contributed by atoms with Gasteiger partial charge in [-0.2, -0.15) is 0 Å². The van der Waals surface area contributed by atoms with Gasteiger partial charge in [0, 0.05) is 5.02 Å². The average Bonchev–Trinajstić information content (AvgIpc) is 2.38. The summed E-state index contributed by atoms with van der Waals surface area (Å²) in [4.78, 5) is 0. The lowest BCUT2D eigenvalue weighted by Gasteiger charge is -2.06. The maximum Gasteiger partial charge on any atom is 0.158 e.